The molecule has 0 heterocycles. The minimum Gasteiger partial charge on any atom is -0.496 e. The standard InChI is InChI=1S/C17H19NO3/c1-10-8-9-13(17(21-4)11(10)2)16(19)12-6-5-7-14(20-3)15(12)18/h5-9H,18H2,1-4H3. The van der Waals surface area contributed by atoms with E-state index in [1.54, 1.807) is 31.4 Å². The maximum atomic E-state index is 12.8. The van der Waals surface area contributed by atoms with Gasteiger partial charge in [-0.2, -0.15) is 0 Å². The molecule has 0 unspecified atom stereocenters. The lowest BCUT2D eigenvalue weighted by atomic mass is 9.96. The maximum Gasteiger partial charge on any atom is 0.198 e. The number of nitrogen functional groups attached to an aromatic ring is 1. The minimum absolute atomic E-state index is 0.175. The lowest BCUT2D eigenvalue weighted by Crippen LogP contribution is -2.09. The Morgan fingerprint density at radius 1 is 1.00 bits per heavy atom. The van der Waals surface area contributed by atoms with Gasteiger partial charge in [-0.15, -0.1) is 0 Å². The van der Waals surface area contributed by atoms with Crippen LogP contribution in [0.25, 0.3) is 0 Å². The van der Waals surface area contributed by atoms with Gasteiger partial charge in [-0.3, -0.25) is 4.79 Å². The Morgan fingerprint density at radius 2 is 1.71 bits per heavy atom. The molecule has 0 radical (unpaired) electrons. The van der Waals surface area contributed by atoms with Gasteiger partial charge in [0, 0.05) is 5.56 Å². The van der Waals surface area contributed by atoms with Gasteiger partial charge in [-0.1, -0.05) is 12.1 Å². The van der Waals surface area contributed by atoms with Crippen LogP contribution in [-0.4, -0.2) is 20.0 Å². The molecule has 0 aromatic heterocycles. The van der Waals surface area contributed by atoms with E-state index < -0.39 is 0 Å². The van der Waals surface area contributed by atoms with Crippen LogP contribution in [0.5, 0.6) is 11.5 Å². The van der Waals surface area contributed by atoms with Crippen LogP contribution in [0.3, 0.4) is 0 Å². The molecular formula is C17H19NO3. The van der Waals surface area contributed by atoms with Gasteiger partial charge in [-0.05, 0) is 43.2 Å². The fraction of sp³-hybridized carbons (Fsp3) is 0.235. The minimum atomic E-state index is -0.175. The normalized spacial score (nSPS) is 10.3. The number of ketones is 1. The highest BCUT2D eigenvalue weighted by atomic mass is 16.5. The van der Waals surface area contributed by atoms with E-state index in [1.807, 2.05) is 19.9 Å². The van der Waals surface area contributed by atoms with Crippen molar-refractivity contribution in [3.63, 3.8) is 0 Å². The molecule has 0 aliphatic carbocycles. The van der Waals surface area contributed by atoms with Crippen LogP contribution in [0.2, 0.25) is 0 Å². The number of hydrogen-bond donors (Lipinski definition) is 1. The second-order valence-corrected chi connectivity index (χ2v) is 4.84. The Morgan fingerprint density at radius 3 is 2.33 bits per heavy atom. The number of hydrogen-bond acceptors (Lipinski definition) is 4. The van der Waals surface area contributed by atoms with Gasteiger partial charge in [0.25, 0.3) is 0 Å². The number of nitrogens with two attached hydrogens (primary N) is 1. The zero-order valence-corrected chi connectivity index (χ0v) is 12.7. The van der Waals surface area contributed by atoms with Crippen LogP contribution < -0.4 is 15.2 Å². The summed E-state index contributed by atoms with van der Waals surface area (Å²) in [6.45, 7) is 3.91. The molecular weight excluding hydrogens is 266 g/mol. The van der Waals surface area contributed by atoms with Crippen molar-refractivity contribution in [1.82, 2.24) is 0 Å². The van der Waals surface area contributed by atoms with Crippen molar-refractivity contribution < 1.29 is 14.3 Å². The topological polar surface area (TPSA) is 61.5 Å². The first-order valence-electron chi connectivity index (χ1n) is 6.62. The van der Waals surface area contributed by atoms with Crippen LogP contribution >= 0.6 is 0 Å². The number of methoxy groups -OCH3 is 2. The van der Waals surface area contributed by atoms with Crippen molar-refractivity contribution in [2.75, 3.05) is 20.0 Å². The molecule has 21 heavy (non-hydrogen) atoms. The molecule has 0 fully saturated rings. The quantitative estimate of drug-likeness (QED) is 0.692. The van der Waals surface area contributed by atoms with Crippen LogP contribution in [-0.2, 0) is 0 Å². The lowest BCUT2D eigenvalue weighted by Gasteiger charge is -2.14. The Balaban J connectivity index is 2.58. The molecule has 0 aliphatic rings. The molecule has 4 nitrogen and oxygen atoms in total. The molecule has 0 saturated carbocycles. The number of ether oxygens (including phenoxy) is 2. The fourth-order valence-electron chi connectivity index (χ4n) is 2.30. The third-order valence-electron chi connectivity index (χ3n) is 3.66. The van der Waals surface area contributed by atoms with Crippen molar-refractivity contribution >= 4 is 11.5 Å². The van der Waals surface area contributed by atoms with E-state index in [2.05, 4.69) is 0 Å². The molecule has 0 aliphatic heterocycles. The predicted octanol–water partition coefficient (Wildman–Crippen LogP) is 3.13. The van der Waals surface area contributed by atoms with Crippen molar-refractivity contribution in [3.8, 4) is 11.5 Å². The molecule has 2 N–H and O–H groups in total. The zero-order chi connectivity index (χ0) is 15.6. The average Bonchev–Trinajstić information content (AvgIpc) is 2.49. The van der Waals surface area contributed by atoms with Crippen LogP contribution in [0.1, 0.15) is 27.0 Å². The number of carbonyl (C=O) groups excluding carboxylic acids is 1. The number of para-hydroxylation sites is 1. The smallest absolute Gasteiger partial charge is 0.198 e. The lowest BCUT2D eigenvalue weighted by molar-refractivity contribution is 0.103. The summed E-state index contributed by atoms with van der Waals surface area (Å²) in [5, 5.41) is 0. The molecule has 2 rings (SSSR count). The Labute approximate surface area is 124 Å². The molecule has 4 heteroatoms. The highest BCUT2D eigenvalue weighted by Crippen LogP contribution is 2.32. The van der Waals surface area contributed by atoms with Crippen molar-refractivity contribution in [3.05, 3.63) is 52.6 Å². The van der Waals surface area contributed by atoms with Crippen LogP contribution in [0.4, 0.5) is 5.69 Å². The Hall–Kier alpha value is -2.49. The molecule has 0 bridgehead atoms. The van der Waals surface area contributed by atoms with Crippen LogP contribution in [0, 0.1) is 13.8 Å². The SMILES string of the molecule is COc1cccc(C(=O)c2ccc(C)c(C)c2OC)c1N. The van der Waals surface area contributed by atoms with Gasteiger partial charge < -0.3 is 15.2 Å². The van der Waals surface area contributed by atoms with E-state index in [4.69, 9.17) is 15.2 Å². The summed E-state index contributed by atoms with van der Waals surface area (Å²) < 4.78 is 10.6. The van der Waals surface area contributed by atoms with Gasteiger partial charge in [0.15, 0.2) is 5.78 Å². The number of rotatable bonds is 4. The first kappa shape index (κ1) is 14.9. The number of aryl methyl sites for hydroxylation is 1. The summed E-state index contributed by atoms with van der Waals surface area (Å²) in [7, 11) is 3.09. The van der Waals surface area contributed by atoms with Gasteiger partial charge >= 0.3 is 0 Å². The molecule has 0 amide bonds. The second kappa shape index (κ2) is 5.87. The van der Waals surface area contributed by atoms with Gasteiger partial charge in [-0.25, -0.2) is 0 Å². The Kier molecular flexibility index (Phi) is 4.17. The van der Waals surface area contributed by atoms with E-state index >= 15 is 0 Å². The van der Waals surface area contributed by atoms with Crippen LogP contribution in [0.15, 0.2) is 30.3 Å². The maximum absolute atomic E-state index is 12.8. The molecule has 110 valence electrons. The second-order valence-electron chi connectivity index (χ2n) is 4.84. The summed E-state index contributed by atoms with van der Waals surface area (Å²) >= 11 is 0. The monoisotopic (exact) mass is 285 g/mol. The van der Waals surface area contributed by atoms with E-state index in [-0.39, 0.29) is 5.78 Å². The summed E-state index contributed by atoms with van der Waals surface area (Å²) in [6.07, 6.45) is 0. The molecule has 0 spiro atoms. The fourth-order valence-corrected chi connectivity index (χ4v) is 2.30. The average molecular weight is 285 g/mol. The van der Waals surface area contributed by atoms with Crippen molar-refractivity contribution in [1.29, 1.82) is 0 Å². The largest absolute Gasteiger partial charge is 0.496 e. The van der Waals surface area contributed by atoms with Gasteiger partial charge in [0.2, 0.25) is 0 Å². The summed E-state index contributed by atoms with van der Waals surface area (Å²) in [5.74, 6) is 0.900. The summed E-state index contributed by atoms with van der Waals surface area (Å²) in [4.78, 5) is 12.8. The van der Waals surface area contributed by atoms with E-state index in [1.165, 1.54) is 7.11 Å². The first-order chi connectivity index (χ1) is 10.0. The molecule has 0 atom stereocenters. The van der Waals surface area contributed by atoms with Gasteiger partial charge in [0.1, 0.15) is 11.5 Å². The number of benzene rings is 2. The van der Waals surface area contributed by atoms with Crippen molar-refractivity contribution in [2.24, 2.45) is 0 Å². The predicted molar refractivity (Wildman–Crippen MR) is 83.3 cm³/mol. The highest BCUT2D eigenvalue weighted by molar-refractivity contribution is 6.14. The number of carbonyl (C=O) groups is 1. The summed E-state index contributed by atoms with van der Waals surface area (Å²) in [6, 6.07) is 8.83. The zero-order valence-electron chi connectivity index (χ0n) is 12.7. The van der Waals surface area contributed by atoms with E-state index in [9.17, 15) is 4.79 Å². The Bertz CT molecular complexity index is 693. The molecule has 2 aromatic rings. The molecule has 2 aromatic carbocycles. The first-order valence-corrected chi connectivity index (χ1v) is 6.62. The van der Waals surface area contributed by atoms with Gasteiger partial charge in [0.05, 0.1) is 25.5 Å². The van der Waals surface area contributed by atoms with E-state index in [0.717, 1.165) is 11.1 Å². The third-order valence-corrected chi connectivity index (χ3v) is 3.66. The third kappa shape index (κ3) is 2.57. The number of anilines is 1. The summed E-state index contributed by atoms with van der Waals surface area (Å²) in [5.41, 5.74) is 9.28. The highest BCUT2D eigenvalue weighted by Gasteiger charge is 2.20. The van der Waals surface area contributed by atoms with E-state index in [0.29, 0.717) is 28.3 Å². The van der Waals surface area contributed by atoms with Crippen molar-refractivity contribution in [2.45, 2.75) is 13.8 Å². The molecule has 0 saturated heterocycles.